The van der Waals surface area contributed by atoms with E-state index in [-0.39, 0.29) is 0 Å². The summed E-state index contributed by atoms with van der Waals surface area (Å²) in [6.45, 7) is 5.45. The highest BCUT2D eigenvalue weighted by atomic mass is 32.2. The number of hydrogen-bond acceptors (Lipinski definition) is 3. The van der Waals surface area contributed by atoms with Crippen LogP contribution in [0.5, 0.6) is 0 Å². The predicted molar refractivity (Wildman–Crippen MR) is 78.2 cm³/mol. The lowest BCUT2D eigenvalue weighted by molar-refractivity contribution is 0.645. The second kappa shape index (κ2) is 6.15. The molecule has 0 N–H and O–H groups in total. The van der Waals surface area contributed by atoms with Gasteiger partial charge in [0.25, 0.3) is 0 Å². The SMILES string of the molecule is CCSc1cccc(N2CCCC2CC)c1C#N. The Hall–Kier alpha value is -1.14. The molecule has 0 saturated carbocycles. The van der Waals surface area contributed by atoms with Crippen molar-refractivity contribution in [1.29, 1.82) is 5.26 Å². The first-order valence-electron chi connectivity index (χ1n) is 6.74. The quantitative estimate of drug-likeness (QED) is 0.764. The van der Waals surface area contributed by atoms with Crippen LogP contribution in [0, 0.1) is 11.3 Å². The lowest BCUT2D eigenvalue weighted by atomic mass is 10.1. The molecule has 1 fully saturated rings. The summed E-state index contributed by atoms with van der Waals surface area (Å²) in [6.07, 6.45) is 3.66. The Morgan fingerprint density at radius 2 is 2.28 bits per heavy atom. The minimum atomic E-state index is 0.610. The van der Waals surface area contributed by atoms with Crippen LogP contribution in [0.25, 0.3) is 0 Å². The minimum absolute atomic E-state index is 0.610. The van der Waals surface area contributed by atoms with Gasteiger partial charge >= 0.3 is 0 Å². The summed E-state index contributed by atoms with van der Waals surface area (Å²) in [5.74, 6) is 1.01. The van der Waals surface area contributed by atoms with Crippen LogP contribution >= 0.6 is 11.8 Å². The number of rotatable bonds is 4. The van der Waals surface area contributed by atoms with Gasteiger partial charge in [0.2, 0.25) is 0 Å². The summed E-state index contributed by atoms with van der Waals surface area (Å²) in [5.41, 5.74) is 2.00. The molecular weight excluding hydrogens is 240 g/mol. The van der Waals surface area contributed by atoms with E-state index >= 15 is 0 Å². The summed E-state index contributed by atoms with van der Waals surface area (Å²) >= 11 is 1.76. The molecule has 1 aromatic rings. The van der Waals surface area contributed by atoms with Crippen molar-refractivity contribution in [3.63, 3.8) is 0 Å². The molecule has 0 aliphatic carbocycles. The lowest BCUT2D eigenvalue weighted by Crippen LogP contribution is -2.29. The molecule has 0 radical (unpaired) electrons. The molecule has 96 valence electrons. The topological polar surface area (TPSA) is 27.0 Å². The maximum absolute atomic E-state index is 9.46. The number of thioether (sulfide) groups is 1. The minimum Gasteiger partial charge on any atom is -0.367 e. The van der Waals surface area contributed by atoms with Crippen LogP contribution < -0.4 is 4.90 Å². The average molecular weight is 260 g/mol. The first-order chi connectivity index (χ1) is 8.81. The lowest BCUT2D eigenvalue weighted by Gasteiger charge is -2.27. The molecule has 1 aromatic carbocycles. The molecule has 1 heterocycles. The molecule has 3 heteroatoms. The van der Waals surface area contributed by atoms with Crippen LogP contribution in [0.2, 0.25) is 0 Å². The van der Waals surface area contributed by atoms with Gasteiger partial charge in [-0.2, -0.15) is 5.26 Å². The van der Waals surface area contributed by atoms with Gasteiger partial charge in [0, 0.05) is 17.5 Å². The van der Waals surface area contributed by atoms with Gasteiger partial charge < -0.3 is 4.90 Å². The number of nitrogens with zero attached hydrogens (tertiary/aromatic N) is 2. The van der Waals surface area contributed by atoms with E-state index in [9.17, 15) is 5.26 Å². The molecular formula is C15H20N2S. The monoisotopic (exact) mass is 260 g/mol. The van der Waals surface area contributed by atoms with Crippen LogP contribution in [0.15, 0.2) is 23.1 Å². The molecule has 18 heavy (non-hydrogen) atoms. The highest BCUT2D eigenvalue weighted by Gasteiger charge is 2.25. The highest BCUT2D eigenvalue weighted by molar-refractivity contribution is 7.99. The standard InChI is InChI=1S/C15H20N2S/c1-3-12-7-6-10-17(12)14-8-5-9-15(18-4-2)13(14)11-16/h5,8-9,12H,3-4,6-7,10H2,1-2H3. The van der Waals surface area contributed by atoms with Crippen molar-refractivity contribution >= 4 is 17.4 Å². The second-order valence-electron chi connectivity index (χ2n) is 4.59. The molecule has 1 aliphatic rings. The fraction of sp³-hybridized carbons (Fsp3) is 0.533. The molecule has 0 amide bonds. The number of hydrogen-bond donors (Lipinski definition) is 0. The molecule has 1 aliphatic heterocycles. The van der Waals surface area contributed by atoms with Gasteiger partial charge in [-0.1, -0.05) is 19.9 Å². The number of nitriles is 1. The molecule has 2 rings (SSSR count). The first kappa shape index (κ1) is 13.3. The van der Waals surface area contributed by atoms with Crippen LogP contribution in [0.3, 0.4) is 0 Å². The smallest absolute Gasteiger partial charge is 0.103 e. The van der Waals surface area contributed by atoms with Crippen molar-refractivity contribution in [3.8, 4) is 6.07 Å². The van der Waals surface area contributed by atoms with E-state index < -0.39 is 0 Å². The number of benzene rings is 1. The Balaban J connectivity index is 2.38. The van der Waals surface area contributed by atoms with Gasteiger partial charge in [-0.25, -0.2) is 0 Å². The van der Waals surface area contributed by atoms with Crippen LogP contribution in [0.1, 0.15) is 38.7 Å². The maximum Gasteiger partial charge on any atom is 0.103 e. The average Bonchev–Trinajstić information content (AvgIpc) is 2.87. The molecule has 0 bridgehead atoms. The summed E-state index contributed by atoms with van der Waals surface area (Å²) in [4.78, 5) is 3.55. The van der Waals surface area contributed by atoms with E-state index in [2.05, 4.69) is 43.0 Å². The van der Waals surface area contributed by atoms with E-state index in [4.69, 9.17) is 0 Å². The van der Waals surface area contributed by atoms with Crippen molar-refractivity contribution in [2.24, 2.45) is 0 Å². The van der Waals surface area contributed by atoms with Crippen LogP contribution in [-0.4, -0.2) is 18.3 Å². The molecule has 2 nitrogen and oxygen atoms in total. The van der Waals surface area contributed by atoms with E-state index in [0.29, 0.717) is 6.04 Å². The number of anilines is 1. The third-order valence-corrected chi connectivity index (χ3v) is 4.51. The van der Waals surface area contributed by atoms with E-state index in [0.717, 1.165) is 34.9 Å². The summed E-state index contributed by atoms with van der Waals surface area (Å²) < 4.78 is 0. The van der Waals surface area contributed by atoms with Crippen molar-refractivity contribution in [3.05, 3.63) is 23.8 Å². The van der Waals surface area contributed by atoms with Crippen LogP contribution in [0.4, 0.5) is 5.69 Å². The van der Waals surface area contributed by atoms with Crippen LogP contribution in [-0.2, 0) is 0 Å². The fourth-order valence-electron chi connectivity index (χ4n) is 2.72. The Morgan fingerprint density at radius 1 is 1.44 bits per heavy atom. The zero-order valence-corrected chi connectivity index (χ0v) is 12.0. The molecule has 1 saturated heterocycles. The van der Waals surface area contributed by atoms with E-state index in [1.165, 1.54) is 12.8 Å². The third-order valence-electron chi connectivity index (χ3n) is 3.57. The predicted octanol–water partition coefficient (Wildman–Crippen LogP) is 4.05. The normalized spacial score (nSPS) is 18.9. The first-order valence-corrected chi connectivity index (χ1v) is 7.72. The van der Waals surface area contributed by atoms with E-state index in [1.807, 2.05) is 0 Å². The highest BCUT2D eigenvalue weighted by Crippen LogP contribution is 2.34. The maximum atomic E-state index is 9.46. The summed E-state index contributed by atoms with van der Waals surface area (Å²) in [7, 11) is 0. The Bertz CT molecular complexity index is 450. The van der Waals surface area contributed by atoms with Crippen molar-refractivity contribution in [2.75, 3.05) is 17.2 Å². The molecule has 0 spiro atoms. The third kappa shape index (κ3) is 2.49. The van der Waals surface area contributed by atoms with Gasteiger partial charge in [0.05, 0.1) is 11.3 Å². The Morgan fingerprint density at radius 3 is 2.94 bits per heavy atom. The van der Waals surface area contributed by atoms with Gasteiger partial charge in [0.15, 0.2) is 0 Å². The Kier molecular flexibility index (Phi) is 4.54. The Labute approximate surface area is 114 Å². The summed E-state index contributed by atoms with van der Waals surface area (Å²) in [6, 6.07) is 9.27. The van der Waals surface area contributed by atoms with Gasteiger partial charge in [-0.15, -0.1) is 11.8 Å². The largest absolute Gasteiger partial charge is 0.367 e. The molecule has 1 unspecified atom stereocenters. The van der Waals surface area contributed by atoms with Gasteiger partial charge in [0.1, 0.15) is 6.07 Å². The van der Waals surface area contributed by atoms with E-state index in [1.54, 1.807) is 11.8 Å². The zero-order chi connectivity index (χ0) is 13.0. The second-order valence-corrected chi connectivity index (χ2v) is 5.90. The summed E-state index contributed by atoms with van der Waals surface area (Å²) in [5, 5.41) is 9.46. The fourth-order valence-corrected chi connectivity index (χ4v) is 3.50. The van der Waals surface area contributed by atoms with Crippen molar-refractivity contribution in [1.82, 2.24) is 0 Å². The zero-order valence-electron chi connectivity index (χ0n) is 11.1. The van der Waals surface area contributed by atoms with Gasteiger partial charge in [-0.3, -0.25) is 0 Å². The van der Waals surface area contributed by atoms with Crippen molar-refractivity contribution < 1.29 is 0 Å². The van der Waals surface area contributed by atoms with Gasteiger partial charge in [-0.05, 0) is 37.1 Å². The molecule has 1 atom stereocenters. The molecule has 0 aromatic heterocycles. The van der Waals surface area contributed by atoms with Crippen molar-refractivity contribution in [2.45, 2.75) is 44.0 Å².